The lowest BCUT2D eigenvalue weighted by atomic mass is 10.1. The first-order chi connectivity index (χ1) is 16.5. The number of benzene rings is 1. The summed E-state index contributed by atoms with van der Waals surface area (Å²) in [5.41, 5.74) is 4.50. The highest BCUT2D eigenvalue weighted by Gasteiger charge is 2.25. The maximum absolute atomic E-state index is 13.0. The topological polar surface area (TPSA) is 154 Å². The van der Waals surface area contributed by atoms with Gasteiger partial charge in [-0.15, -0.1) is 0 Å². The number of nitrogens with two attached hydrogens (primary N) is 1. The van der Waals surface area contributed by atoms with Gasteiger partial charge >= 0.3 is 11.7 Å². The van der Waals surface area contributed by atoms with Crippen LogP contribution in [0.1, 0.15) is 37.0 Å². The van der Waals surface area contributed by atoms with E-state index in [2.05, 4.69) is 4.98 Å². The second-order valence-electron chi connectivity index (χ2n) is 8.13. The fraction of sp³-hybridized carbons (Fsp3) is 0.435. The Morgan fingerprint density at radius 1 is 1.14 bits per heavy atom. The van der Waals surface area contributed by atoms with Crippen molar-refractivity contribution in [2.75, 3.05) is 37.5 Å². The number of hydrogen-bond donors (Lipinski definition) is 2. The Labute approximate surface area is 200 Å². The average Bonchev–Trinajstić information content (AvgIpc) is 2.80. The Hall–Kier alpha value is -3.80. The van der Waals surface area contributed by atoms with Gasteiger partial charge in [0, 0.05) is 32.2 Å². The molecule has 1 heterocycles. The number of hydrogen-bond acceptors (Lipinski definition) is 8. The van der Waals surface area contributed by atoms with Gasteiger partial charge in [0.1, 0.15) is 11.6 Å². The molecule has 190 valence electrons. The van der Waals surface area contributed by atoms with E-state index in [1.165, 1.54) is 19.2 Å². The van der Waals surface area contributed by atoms with Crippen LogP contribution < -0.4 is 21.9 Å². The maximum atomic E-state index is 13.0. The van der Waals surface area contributed by atoms with E-state index >= 15 is 0 Å². The summed E-state index contributed by atoms with van der Waals surface area (Å²) in [7, 11) is 1.40. The summed E-state index contributed by atoms with van der Waals surface area (Å²) in [5, 5.41) is 0. The molecule has 2 aromatic rings. The predicted octanol–water partition coefficient (Wildman–Crippen LogP) is 1.10. The number of ketones is 1. The third kappa shape index (κ3) is 7.60. The summed E-state index contributed by atoms with van der Waals surface area (Å²) in [6.45, 7) is 3.12. The van der Waals surface area contributed by atoms with Crippen LogP contribution in [0.5, 0.6) is 0 Å². The molecule has 1 amide bonds. The number of nitrogens with one attached hydrogen (secondary N) is 1. The summed E-state index contributed by atoms with van der Waals surface area (Å²) in [6.07, 6.45) is -0.498. The first-order valence-corrected chi connectivity index (χ1v) is 10.9. The Morgan fingerprint density at radius 2 is 1.80 bits per heavy atom. The van der Waals surface area contributed by atoms with Crippen LogP contribution in [0.15, 0.2) is 33.9 Å². The van der Waals surface area contributed by atoms with Crippen LogP contribution in [0.3, 0.4) is 0 Å². The first kappa shape index (κ1) is 27.4. The SMILES string of the molecule is COCCN(C(=O)COC(=O)CCC(=O)c1ccc(F)cc1)c1c(N)n(CC(C)C)c(=O)[nH]c1=O. The Bertz CT molecular complexity index is 1170. The largest absolute Gasteiger partial charge is 0.456 e. The molecule has 0 aliphatic carbocycles. The van der Waals surface area contributed by atoms with Crippen molar-refractivity contribution in [3.8, 4) is 0 Å². The zero-order valence-electron chi connectivity index (χ0n) is 19.8. The lowest BCUT2D eigenvalue weighted by Crippen LogP contribution is -2.44. The van der Waals surface area contributed by atoms with Gasteiger partial charge in [-0.3, -0.25) is 33.6 Å². The quantitative estimate of drug-likeness (QED) is 0.330. The molecule has 1 aromatic heterocycles. The summed E-state index contributed by atoms with van der Waals surface area (Å²) in [4.78, 5) is 64.9. The molecule has 0 atom stereocenters. The van der Waals surface area contributed by atoms with Gasteiger partial charge in [-0.1, -0.05) is 13.8 Å². The number of Topliss-reactive ketones (excluding diaryl/α,β-unsaturated/α-hetero) is 1. The summed E-state index contributed by atoms with van der Waals surface area (Å²) < 4.78 is 24.1. The van der Waals surface area contributed by atoms with E-state index in [-0.39, 0.29) is 61.3 Å². The fourth-order valence-corrected chi connectivity index (χ4v) is 3.22. The molecular weight excluding hydrogens is 463 g/mol. The minimum Gasteiger partial charge on any atom is -0.456 e. The molecule has 12 heteroatoms. The van der Waals surface area contributed by atoms with Gasteiger partial charge < -0.3 is 15.2 Å². The monoisotopic (exact) mass is 492 g/mol. The lowest BCUT2D eigenvalue weighted by Gasteiger charge is -2.24. The number of methoxy groups -OCH3 is 1. The number of aromatic nitrogens is 2. The number of esters is 1. The number of anilines is 2. The zero-order valence-corrected chi connectivity index (χ0v) is 19.8. The predicted molar refractivity (Wildman–Crippen MR) is 126 cm³/mol. The van der Waals surface area contributed by atoms with Crippen LogP contribution in [0.4, 0.5) is 15.9 Å². The van der Waals surface area contributed by atoms with Crippen molar-refractivity contribution in [2.45, 2.75) is 33.2 Å². The van der Waals surface area contributed by atoms with Gasteiger partial charge in [0.05, 0.1) is 13.0 Å². The second-order valence-corrected chi connectivity index (χ2v) is 8.13. The van der Waals surface area contributed by atoms with Gasteiger partial charge in [-0.05, 0) is 30.2 Å². The van der Waals surface area contributed by atoms with Crippen molar-refractivity contribution in [2.24, 2.45) is 5.92 Å². The Kier molecular flexibility index (Phi) is 9.88. The molecule has 0 aliphatic rings. The van der Waals surface area contributed by atoms with Gasteiger partial charge in [0.25, 0.3) is 11.5 Å². The third-order valence-corrected chi connectivity index (χ3v) is 4.93. The molecule has 0 spiro atoms. The number of carbonyl (C=O) groups is 3. The van der Waals surface area contributed by atoms with Crippen molar-refractivity contribution < 1.29 is 28.2 Å². The van der Waals surface area contributed by atoms with Crippen LogP contribution in [0, 0.1) is 11.7 Å². The van der Waals surface area contributed by atoms with E-state index in [0.29, 0.717) is 0 Å². The number of nitrogens with zero attached hydrogens (tertiary/aromatic N) is 2. The highest BCUT2D eigenvalue weighted by atomic mass is 19.1. The van der Waals surface area contributed by atoms with E-state index in [0.717, 1.165) is 21.6 Å². The number of halogens is 1. The molecule has 0 bridgehead atoms. The molecule has 0 aliphatic heterocycles. The van der Waals surface area contributed by atoms with Crippen LogP contribution in [0.2, 0.25) is 0 Å². The number of nitrogen functional groups attached to an aromatic ring is 1. The molecule has 0 saturated heterocycles. The highest BCUT2D eigenvalue weighted by Crippen LogP contribution is 2.18. The van der Waals surface area contributed by atoms with Crippen molar-refractivity contribution in [3.05, 3.63) is 56.5 Å². The number of aromatic amines is 1. The maximum Gasteiger partial charge on any atom is 0.330 e. The standard InChI is InChI=1S/C23H29FN4O7/c1-14(2)12-28-21(25)20(22(32)26-23(28)33)27(10-11-34-3)18(30)13-35-19(31)9-8-17(29)15-4-6-16(24)7-5-15/h4-7,14H,8-13,25H2,1-3H3,(H,26,32,33). The second kappa shape index (κ2) is 12.6. The van der Waals surface area contributed by atoms with Gasteiger partial charge in [-0.25, -0.2) is 9.18 Å². The molecule has 11 nitrogen and oxygen atoms in total. The number of amides is 1. The van der Waals surface area contributed by atoms with Gasteiger partial charge in [0.2, 0.25) is 0 Å². The van der Waals surface area contributed by atoms with E-state index in [9.17, 15) is 28.4 Å². The smallest absolute Gasteiger partial charge is 0.330 e. The van der Waals surface area contributed by atoms with Crippen LogP contribution in [0.25, 0.3) is 0 Å². The van der Waals surface area contributed by atoms with Crippen molar-refractivity contribution in [3.63, 3.8) is 0 Å². The molecular formula is C23H29FN4O7. The van der Waals surface area contributed by atoms with E-state index in [4.69, 9.17) is 15.2 Å². The number of carbonyl (C=O) groups excluding carboxylic acids is 3. The fourth-order valence-electron chi connectivity index (χ4n) is 3.22. The highest BCUT2D eigenvalue weighted by molar-refractivity contribution is 5.99. The number of rotatable bonds is 12. The molecule has 2 rings (SSSR count). The van der Waals surface area contributed by atoms with Crippen LogP contribution >= 0.6 is 0 Å². The molecule has 0 radical (unpaired) electrons. The normalized spacial score (nSPS) is 10.9. The molecule has 0 fully saturated rings. The number of H-pyrrole nitrogens is 1. The number of ether oxygens (including phenoxy) is 2. The van der Waals surface area contributed by atoms with Crippen molar-refractivity contribution in [1.29, 1.82) is 0 Å². The summed E-state index contributed by atoms with van der Waals surface area (Å²) >= 11 is 0. The molecule has 0 saturated carbocycles. The minimum atomic E-state index is -0.867. The summed E-state index contributed by atoms with van der Waals surface area (Å²) in [6, 6.07) is 4.88. The Morgan fingerprint density at radius 3 is 2.40 bits per heavy atom. The first-order valence-electron chi connectivity index (χ1n) is 10.9. The van der Waals surface area contributed by atoms with Gasteiger partial charge in [0.15, 0.2) is 18.1 Å². The van der Waals surface area contributed by atoms with Gasteiger partial charge in [-0.2, -0.15) is 0 Å². The molecule has 1 aromatic carbocycles. The van der Waals surface area contributed by atoms with Crippen molar-refractivity contribution in [1.82, 2.24) is 9.55 Å². The molecule has 0 unspecified atom stereocenters. The third-order valence-electron chi connectivity index (χ3n) is 4.93. The zero-order chi connectivity index (χ0) is 26.1. The Balaban J connectivity index is 2.11. The van der Waals surface area contributed by atoms with E-state index < -0.39 is 35.5 Å². The van der Waals surface area contributed by atoms with Crippen molar-refractivity contribution >= 4 is 29.2 Å². The molecule has 35 heavy (non-hydrogen) atoms. The molecule has 3 N–H and O–H groups in total. The summed E-state index contributed by atoms with van der Waals surface area (Å²) in [5.74, 6) is -2.64. The lowest BCUT2D eigenvalue weighted by molar-refractivity contribution is -0.147. The van der Waals surface area contributed by atoms with Crippen LogP contribution in [-0.4, -0.2) is 54.1 Å². The van der Waals surface area contributed by atoms with E-state index in [1.807, 2.05) is 13.8 Å². The minimum absolute atomic E-state index is 0.0236. The average molecular weight is 493 g/mol. The van der Waals surface area contributed by atoms with E-state index in [1.54, 1.807) is 0 Å². The van der Waals surface area contributed by atoms with Crippen LogP contribution in [-0.2, 0) is 25.6 Å².